The van der Waals surface area contributed by atoms with E-state index in [2.05, 4.69) is 21.7 Å². The Bertz CT molecular complexity index is 497. The van der Waals surface area contributed by atoms with E-state index >= 15 is 0 Å². The minimum absolute atomic E-state index is 0.00705. The molecule has 116 valence electrons. The van der Waals surface area contributed by atoms with Gasteiger partial charge in [0.25, 0.3) is 0 Å². The van der Waals surface area contributed by atoms with Crippen LogP contribution in [-0.2, 0) is 11.2 Å². The van der Waals surface area contributed by atoms with Crippen LogP contribution in [0.1, 0.15) is 51.4 Å². The highest BCUT2D eigenvalue weighted by Crippen LogP contribution is 2.28. The Morgan fingerprint density at radius 3 is 3.00 bits per heavy atom. The molecule has 5 nitrogen and oxygen atoms in total. The number of hydrogen-bond acceptors (Lipinski definition) is 4. The largest absolute Gasteiger partial charge is 0.444 e. The van der Waals surface area contributed by atoms with E-state index in [0.29, 0.717) is 6.54 Å². The monoisotopic (exact) mass is 291 g/mol. The van der Waals surface area contributed by atoms with Crippen LogP contribution in [0, 0.1) is 0 Å². The molecule has 5 heteroatoms. The van der Waals surface area contributed by atoms with Crippen LogP contribution in [0.4, 0.5) is 4.79 Å². The molecule has 1 amide bonds. The van der Waals surface area contributed by atoms with Gasteiger partial charge in [-0.25, -0.2) is 4.79 Å². The van der Waals surface area contributed by atoms with Gasteiger partial charge in [0.2, 0.25) is 0 Å². The zero-order chi connectivity index (χ0) is 15.5. The minimum Gasteiger partial charge on any atom is -0.444 e. The number of aryl methyl sites for hydroxylation is 1. The van der Waals surface area contributed by atoms with E-state index in [-0.39, 0.29) is 18.2 Å². The van der Waals surface area contributed by atoms with Crippen LogP contribution in [0.2, 0.25) is 0 Å². The summed E-state index contributed by atoms with van der Waals surface area (Å²) in [6.45, 7) is 8.23. The Balaban J connectivity index is 1.78. The van der Waals surface area contributed by atoms with Gasteiger partial charge in [-0.1, -0.05) is 6.07 Å². The molecule has 2 atom stereocenters. The Morgan fingerprint density at radius 2 is 2.29 bits per heavy atom. The number of nitrogens with zero attached hydrogens (tertiary/aromatic N) is 1. The SMILES string of the molecule is CC(CNC1CCc2cccnc21)NC(=O)OC(C)(C)C. The lowest BCUT2D eigenvalue weighted by atomic mass is 10.2. The maximum absolute atomic E-state index is 11.7. The van der Waals surface area contributed by atoms with Crippen molar-refractivity contribution in [3.8, 4) is 0 Å². The molecule has 1 heterocycles. The van der Waals surface area contributed by atoms with Crippen molar-refractivity contribution in [1.82, 2.24) is 15.6 Å². The van der Waals surface area contributed by atoms with Crippen molar-refractivity contribution in [3.63, 3.8) is 0 Å². The third kappa shape index (κ3) is 4.70. The number of hydrogen-bond donors (Lipinski definition) is 2. The first-order valence-electron chi connectivity index (χ1n) is 7.52. The summed E-state index contributed by atoms with van der Waals surface area (Å²) in [5.74, 6) is 0. The third-order valence-electron chi connectivity index (χ3n) is 3.39. The number of carbonyl (C=O) groups excluding carboxylic acids is 1. The van der Waals surface area contributed by atoms with E-state index in [0.717, 1.165) is 18.5 Å². The fraction of sp³-hybridized carbons (Fsp3) is 0.625. The van der Waals surface area contributed by atoms with E-state index in [1.54, 1.807) is 0 Å². The molecule has 0 radical (unpaired) electrons. The van der Waals surface area contributed by atoms with Gasteiger partial charge in [-0.05, 0) is 52.2 Å². The van der Waals surface area contributed by atoms with Crippen LogP contribution in [-0.4, -0.2) is 29.3 Å². The van der Waals surface area contributed by atoms with Crippen molar-refractivity contribution in [2.75, 3.05) is 6.54 Å². The molecule has 2 unspecified atom stereocenters. The Labute approximate surface area is 126 Å². The number of amides is 1. The molecule has 0 aliphatic heterocycles. The van der Waals surface area contributed by atoms with Crippen molar-refractivity contribution in [2.24, 2.45) is 0 Å². The molecular formula is C16H25N3O2. The fourth-order valence-electron chi connectivity index (χ4n) is 2.49. The van der Waals surface area contributed by atoms with Crippen LogP contribution in [0.15, 0.2) is 18.3 Å². The van der Waals surface area contributed by atoms with Crippen LogP contribution in [0.25, 0.3) is 0 Å². The highest BCUT2D eigenvalue weighted by molar-refractivity contribution is 5.68. The molecule has 1 aliphatic carbocycles. The lowest BCUT2D eigenvalue weighted by molar-refractivity contribution is 0.0507. The van der Waals surface area contributed by atoms with Crippen molar-refractivity contribution in [3.05, 3.63) is 29.6 Å². The number of aromatic nitrogens is 1. The van der Waals surface area contributed by atoms with E-state index < -0.39 is 5.60 Å². The molecule has 1 aromatic heterocycles. The van der Waals surface area contributed by atoms with Gasteiger partial charge in [-0.2, -0.15) is 0 Å². The lowest BCUT2D eigenvalue weighted by Gasteiger charge is -2.23. The van der Waals surface area contributed by atoms with E-state index in [1.807, 2.05) is 40.0 Å². The van der Waals surface area contributed by atoms with Gasteiger partial charge in [0.1, 0.15) is 5.60 Å². The summed E-state index contributed by atoms with van der Waals surface area (Å²) in [6.07, 6.45) is 3.59. The van der Waals surface area contributed by atoms with Gasteiger partial charge in [0, 0.05) is 18.8 Å². The number of rotatable bonds is 4. The molecule has 0 aromatic carbocycles. The average Bonchev–Trinajstić information content (AvgIpc) is 2.77. The standard InChI is InChI=1S/C16H25N3O2/c1-11(19-15(20)21-16(2,3)4)10-18-13-8-7-12-6-5-9-17-14(12)13/h5-6,9,11,13,18H,7-8,10H2,1-4H3,(H,19,20). The first-order chi connectivity index (χ1) is 9.85. The number of carbonyl (C=O) groups is 1. The first-order valence-corrected chi connectivity index (χ1v) is 7.52. The normalized spacial score (nSPS) is 19.0. The molecule has 2 N–H and O–H groups in total. The van der Waals surface area contributed by atoms with Crippen LogP contribution in [0.3, 0.4) is 0 Å². The van der Waals surface area contributed by atoms with Crippen LogP contribution >= 0.6 is 0 Å². The summed E-state index contributed by atoms with van der Waals surface area (Å²) in [6, 6.07) is 4.40. The molecule has 0 saturated heterocycles. The Kier molecular flexibility index (Phi) is 4.83. The summed E-state index contributed by atoms with van der Waals surface area (Å²) in [5, 5.41) is 6.31. The van der Waals surface area contributed by atoms with Crippen molar-refractivity contribution in [2.45, 2.75) is 58.2 Å². The van der Waals surface area contributed by atoms with Crippen LogP contribution in [0.5, 0.6) is 0 Å². The second-order valence-electron chi connectivity index (χ2n) is 6.59. The third-order valence-corrected chi connectivity index (χ3v) is 3.39. The lowest BCUT2D eigenvalue weighted by Crippen LogP contribution is -2.43. The summed E-state index contributed by atoms with van der Waals surface area (Å²) in [4.78, 5) is 16.1. The van der Waals surface area contributed by atoms with E-state index in [9.17, 15) is 4.79 Å². The molecule has 0 spiro atoms. The summed E-state index contributed by atoms with van der Waals surface area (Å²) in [7, 11) is 0. The summed E-state index contributed by atoms with van der Waals surface area (Å²) >= 11 is 0. The predicted octanol–water partition coefficient (Wildman–Crippen LogP) is 2.57. The smallest absolute Gasteiger partial charge is 0.407 e. The topological polar surface area (TPSA) is 63.2 Å². The van der Waals surface area contributed by atoms with Gasteiger partial charge in [0.15, 0.2) is 0 Å². The zero-order valence-electron chi connectivity index (χ0n) is 13.3. The number of nitrogens with one attached hydrogen (secondary N) is 2. The average molecular weight is 291 g/mol. The van der Waals surface area contributed by atoms with Gasteiger partial charge in [-0.3, -0.25) is 4.98 Å². The molecular weight excluding hydrogens is 266 g/mol. The first kappa shape index (κ1) is 15.8. The molecule has 1 aliphatic rings. The van der Waals surface area contributed by atoms with Gasteiger partial charge in [0.05, 0.1) is 11.7 Å². The summed E-state index contributed by atoms with van der Waals surface area (Å²) < 4.78 is 5.25. The summed E-state index contributed by atoms with van der Waals surface area (Å²) in [5.41, 5.74) is 2.00. The number of ether oxygens (including phenoxy) is 1. The Morgan fingerprint density at radius 1 is 1.52 bits per heavy atom. The number of alkyl carbamates (subject to hydrolysis) is 1. The molecule has 0 saturated carbocycles. The molecule has 2 rings (SSSR count). The van der Waals surface area contributed by atoms with Gasteiger partial charge in [-0.15, -0.1) is 0 Å². The van der Waals surface area contributed by atoms with Gasteiger partial charge >= 0.3 is 6.09 Å². The fourth-order valence-corrected chi connectivity index (χ4v) is 2.49. The minimum atomic E-state index is -0.467. The highest BCUT2D eigenvalue weighted by Gasteiger charge is 2.24. The molecule has 0 bridgehead atoms. The van der Waals surface area contributed by atoms with E-state index in [1.165, 1.54) is 5.56 Å². The Hall–Kier alpha value is -1.62. The quantitative estimate of drug-likeness (QED) is 0.895. The van der Waals surface area contributed by atoms with Crippen molar-refractivity contribution < 1.29 is 9.53 Å². The second-order valence-corrected chi connectivity index (χ2v) is 6.59. The number of pyridine rings is 1. The predicted molar refractivity (Wildman–Crippen MR) is 82.1 cm³/mol. The van der Waals surface area contributed by atoms with Gasteiger partial charge < -0.3 is 15.4 Å². The zero-order valence-corrected chi connectivity index (χ0v) is 13.3. The van der Waals surface area contributed by atoms with Crippen molar-refractivity contribution >= 4 is 6.09 Å². The van der Waals surface area contributed by atoms with Crippen molar-refractivity contribution in [1.29, 1.82) is 0 Å². The highest BCUT2D eigenvalue weighted by atomic mass is 16.6. The maximum Gasteiger partial charge on any atom is 0.407 e. The molecule has 0 fully saturated rings. The maximum atomic E-state index is 11.7. The molecule has 21 heavy (non-hydrogen) atoms. The van der Waals surface area contributed by atoms with E-state index in [4.69, 9.17) is 4.74 Å². The van der Waals surface area contributed by atoms with Crippen LogP contribution < -0.4 is 10.6 Å². The molecule has 1 aromatic rings. The second kappa shape index (κ2) is 6.43. The number of fused-ring (bicyclic) bond motifs is 1.